The van der Waals surface area contributed by atoms with Crippen molar-refractivity contribution in [3.8, 4) is 11.3 Å². The summed E-state index contributed by atoms with van der Waals surface area (Å²) in [6.45, 7) is 1.77. The average Bonchev–Trinajstić information content (AvgIpc) is 3.25. The fourth-order valence-corrected chi connectivity index (χ4v) is 3.39. The number of aromatic nitrogens is 3. The predicted molar refractivity (Wildman–Crippen MR) is 106 cm³/mol. The van der Waals surface area contributed by atoms with Gasteiger partial charge in [0, 0.05) is 29.7 Å². The molecule has 2 aromatic heterocycles. The highest BCUT2D eigenvalue weighted by molar-refractivity contribution is 6.36. The van der Waals surface area contributed by atoms with E-state index < -0.39 is 22.8 Å². The first-order valence-corrected chi connectivity index (χ1v) is 9.71. The van der Waals surface area contributed by atoms with Crippen LogP contribution in [0.15, 0.2) is 28.8 Å². The summed E-state index contributed by atoms with van der Waals surface area (Å²) in [4.78, 5) is 12.2. The van der Waals surface area contributed by atoms with E-state index in [0.29, 0.717) is 27.8 Å². The SMILES string of the molecule is Cc1c(Cl)c(C(F)(F)F)nn1CCCNC(=O)c1cc(-c2ccc(Cl)cc2Cl)on1. The Morgan fingerprint density at radius 1 is 1.23 bits per heavy atom. The summed E-state index contributed by atoms with van der Waals surface area (Å²) < 4.78 is 44.9. The number of carbonyl (C=O) groups is 1. The molecule has 3 rings (SSSR count). The van der Waals surface area contributed by atoms with E-state index >= 15 is 0 Å². The van der Waals surface area contributed by atoms with Crippen LogP contribution in [-0.2, 0) is 12.7 Å². The number of rotatable bonds is 6. The van der Waals surface area contributed by atoms with Crippen molar-refractivity contribution in [1.29, 1.82) is 0 Å². The van der Waals surface area contributed by atoms with Gasteiger partial charge in [0.2, 0.25) is 0 Å². The van der Waals surface area contributed by atoms with Crippen LogP contribution in [0.4, 0.5) is 13.2 Å². The lowest BCUT2D eigenvalue weighted by Gasteiger charge is -2.05. The molecule has 0 spiro atoms. The first-order valence-electron chi connectivity index (χ1n) is 8.58. The molecule has 0 aliphatic carbocycles. The molecule has 3 aromatic rings. The zero-order chi connectivity index (χ0) is 22.1. The van der Waals surface area contributed by atoms with Gasteiger partial charge in [0.1, 0.15) is 0 Å². The second-order valence-corrected chi connectivity index (χ2v) is 7.50. The van der Waals surface area contributed by atoms with Gasteiger partial charge in [-0.15, -0.1) is 0 Å². The third kappa shape index (κ3) is 4.91. The molecule has 12 heteroatoms. The Balaban J connectivity index is 1.57. The molecule has 160 valence electrons. The number of amides is 1. The van der Waals surface area contributed by atoms with Crippen LogP contribution in [0.1, 0.15) is 28.3 Å². The number of aryl methyl sites for hydroxylation is 1. The summed E-state index contributed by atoms with van der Waals surface area (Å²) in [5.74, 6) is -0.204. The Kier molecular flexibility index (Phi) is 6.64. The molecule has 0 aliphatic rings. The highest BCUT2D eigenvalue weighted by atomic mass is 35.5. The van der Waals surface area contributed by atoms with Gasteiger partial charge in [0.15, 0.2) is 17.1 Å². The molecule has 6 nitrogen and oxygen atoms in total. The lowest BCUT2D eigenvalue weighted by atomic mass is 10.1. The minimum Gasteiger partial charge on any atom is -0.355 e. The van der Waals surface area contributed by atoms with E-state index in [0.717, 1.165) is 4.68 Å². The van der Waals surface area contributed by atoms with Crippen LogP contribution in [0.5, 0.6) is 0 Å². The average molecular weight is 482 g/mol. The van der Waals surface area contributed by atoms with Gasteiger partial charge in [-0.3, -0.25) is 9.48 Å². The maximum atomic E-state index is 12.8. The standard InChI is InChI=1S/C18H14Cl3F3N4O2/c1-9-15(21)16(18(22,23)24)26-28(9)6-2-5-25-17(29)13-8-14(30-27-13)11-4-3-10(19)7-12(11)20/h3-4,7-8H,2,5-6H2,1H3,(H,25,29). The predicted octanol–water partition coefficient (Wildman–Crippen LogP) is 5.65. The number of nitrogens with zero attached hydrogens (tertiary/aromatic N) is 3. The number of alkyl halides is 3. The van der Waals surface area contributed by atoms with Gasteiger partial charge in [0.05, 0.1) is 15.7 Å². The van der Waals surface area contributed by atoms with Crippen LogP contribution in [0.2, 0.25) is 15.1 Å². The molecular weight excluding hydrogens is 468 g/mol. The van der Waals surface area contributed by atoms with Gasteiger partial charge in [-0.05, 0) is 31.5 Å². The fraction of sp³-hybridized carbons (Fsp3) is 0.278. The second kappa shape index (κ2) is 8.87. The zero-order valence-corrected chi connectivity index (χ0v) is 17.6. The minimum absolute atomic E-state index is 0.0358. The number of hydrogen-bond donors (Lipinski definition) is 1. The molecule has 0 aliphatic heterocycles. The summed E-state index contributed by atoms with van der Waals surface area (Å²) in [5, 5.41) is 10.2. The van der Waals surface area contributed by atoms with Crippen molar-refractivity contribution in [3.63, 3.8) is 0 Å². The van der Waals surface area contributed by atoms with E-state index in [-0.39, 0.29) is 24.5 Å². The van der Waals surface area contributed by atoms with Crippen molar-refractivity contribution < 1.29 is 22.5 Å². The Labute approximate surface area is 183 Å². The lowest BCUT2D eigenvalue weighted by molar-refractivity contribution is -0.141. The first kappa shape index (κ1) is 22.5. The van der Waals surface area contributed by atoms with Crippen molar-refractivity contribution in [2.75, 3.05) is 6.54 Å². The molecule has 1 N–H and O–H groups in total. The first-order chi connectivity index (χ1) is 14.1. The highest BCUT2D eigenvalue weighted by Crippen LogP contribution is 2.35. The maximum Gasteiger partial charge on any atom is 0.436 e. The van der Waals surface area contributed by atoms with Crippen LogP contribution in [0.3, 0.4) is 0 Å². The van der Waals surface area contributed by atoms with Crippen LogP contribution in [0, 0.1) is 6.92 Å². The molecule has 0 saturated carbocycles. The largest absolute Gasteiger partial charge is 0.436 e. The van der Waals surface area contributed by atoms with Crippen molar-refractivity contribution in [1.82, 2.24) is 20.3 Å². The van der Waals surface area contributed by atoms with Crippen LogP contribution >= 0.6 is 34.8 Å². The van der Waals surface area contributed by atoms with Crippen molar-refractivity contribution in [2.24, 2.45) is 0 Å². The van der Waals surface area contributed by atoms with Gasteiger partial charge in [0.25, 0.3) is 5.91 Å². The Morgan fingerprint density at radius 3 is 2.60 bits per heavy atom. The van der Waals surface area contributed by atoms with E-state index in [1.54, 1.807) is 12.1 Å². The number of carbonyl (C=O) groups excluding carboxylic acids is 1. The third-order valence-electron chi connectivity index (χ3n) is 4.17. The van der Waals surface area contributed by atoms with Gasteiger partial charge in [-0.25, -0.2) is 0 Å². The van der Waals surface area contributed by atoms with Gasteiger partial charge in [-0.2, -0.15) is 18.3 Å². The molecule has 0 saturated heterocycles. The lowest BCUT2D eigenvalue weighted by Crippen LogP contribution is -2.25. The van der Waals surface area contributed by atoms with E-state index in [9.17, 15) is 18.0 Å². The van der Waals surface area contributed by atoms with E-state index in [2.05, 4.69) is 15.6 Å². The van der Waals surface area contributed by atoms with Gasteiger partial charge < -0.3 is 9.84 Å². The number of nitrogens with one attached hydrogen (secondary N) is 1. The topological polar surface area (TPSA) is 73.0 Å². The van der Waals surface area contributed by atoms with Crippen LogP contribution in [-0.4, -0.2) is 27.4 Å². The smallest absolute Gasteiger partial charge is 0.355 e. The van der Waals surface area contributed by atoms with Gasteiger partial charge >= 0.3 is 6.18 Å². The molecule has 2 heterocycles. The number of halogens is 6. The molecule has 1 amide bonds. The summed E-state index contributed by atoms with van der Waals surface area (Å²) in [7, 11) is 0. The molecular formula is C18H14Cl3F3N4O2. The number of benzene rings is 1. The van der Waals surface area contributed by atoms with Crippen LogP contribution < -0.4 is 5.32 Å². The van der Waals surface area contributed by atoms with Crippen molar-refractivity contribution in [3.05, 3.63) is 56.4 Å². The monoisotopic (exact) mass is 480 g/mol. The molecule has 0 unspecified atom stereocenters. The molecule has 1 aromatic carbocycles. The van der Waals surface area contributed by atoms with E-state index in [1.165, 1.54) is 19.1 Å². The van der Waals surface area contributed by atoms with Crippen LogP contribution in [0.25, 0.3) is 11.3 Å². The zero-order valence-electron chi connectivity index (χ0n) is 15.4. The van der Waals surface area contributed by atoms with E-state index in [1.807, 2.05) is 0 Å². The fourth-order valence-electron chi connectivity index (χ4n) is 2.64. The normalized spacial score (nSPS) is 11.7. The van der Waals surface area contributed by atoms with E-state index in [4.69, 9.17) is 39.3 Å². The Morgan fingerprint density at radius 2 is 1.97 bits per heavy atom. The summed E-state index contributed by atoms with van der Waals surface area (Å²) in [5.41, 5.74) is -0.356. The minimum atomic E-state index is -4.63. The van der Waals surface area contributed by atoms with Crippen molar-refractivity contribution >= 4 is 40.7 Å². The summed E-state index contributed by atoms with van der Waals surface area (Å²) >= 11 is 17.7. The Hall–Kier alpha value is -2.23. The molecule has 0 atom stereocenters. The molecule has 0 fully saturated rings. The number of hydrogen-bond acceptors (Lipinski definition) is 4. The van der Waals surface area contributed by atoms with Crippen molar-refractivity contribution in [2.45, 2.75) is 26.1 Å². The Bertz CT molecular complexity index is 1080. The second-order valence-electron chi connectivity index (χ2n) is 6.28. The molecule has 30 heavy (non-hydrogen) atoms. The molecule has 0 radical (unpaired) electrons. The molecule has 0 bridgehead atoms. The maximum absolute atomic E-state index is 12.8. The third-order valence-corrected chi connectivity index (χ3v) is 5.17. The van der Waals surface area contributed by atoms with Gasteiger partial charge in [-0.1, -0.05) is 40.0 Å². The highest BCUT2D eigenvalue weighted by Gasteiger charge is 2.38. The quantitative estimate of drug-likeness (QED) is 0.462. The summed E-state index contributed by atoms with van der Waals surface area (Å²) in [6, 6.07) is 6.23. The summed E-state index contributed by atoms with van der Waals surface area (Å²) in [6.07, 6.45) is -4.30.